The van der Waals surface area contributed by atoms with E-state index in [4.69, 9.17) is 16.3 Å². The molecule has 0 radical (unpaired) electrons. The van der Waals surface area contributed by atoms with Crippen LogP contribution in [0.5, 0.6) is 0 Å². The zero-order chi connectivity index (χ0) is 13.9. The van der Waals surface area contributed by atoms with Gasteiger partial charge in [0.05, 0.1) is 10.9 Å². The van der Waals surface area contributed by atoms with Gasteiger partial charge in [-0.05, 0) is 25.6 Å². The van der Waals surface area contributed by atoms with Crippen molar-refractivity contribution in [3.8, 4) is 0 Å². The molecule has 1 aromatic rings. The second kappa shape index (κ2) is 10.6. The average Bonchev–Trinajstić information content (AvgIpc) is 2.78. The Morgan fingerprint density at radius 1 is 1.32 bits per heavy atom. The van der Waals surface area contributed by atoms with Crippen LogP contribution in [0.2, 0.25) is 4.34 Å². The molecule has 0 aliphatic heterocycles. The monoisotopic (exact) mass is 304 g/mol. The first kappa shape index (κ1) is 16.9. The Hall–Kier alpha value is -0.130. The van der Waals surface area contributed by atoms with Gasteiger partial charge in [-0.25, -0.2) is 0 Å². The van der Waals surface area contributed by atoms with Crippen molar-refractivity contribution in [2.75, 3.05) is 39.9 Å². The minimum atomic E-state index is 0.810. The van der Waals surface area contributed by atoms with Crippen LogP contribution in [0, 0.1) is 0 Å². The van der Waals surface area contributed by atoms with Crippen molar-refractivity contribution < 1.29 is 4.74 Å². The summed E-state index contributed by atoms with van der Waals surface area (Å²) in [6.45, 7) is 7.80. The van der Waals surface area contributed by atoms with Crippen molar-refractivity contribution in [3.63, 3.8) is 0 Å². The van der Waals surface area contributed by atoms with Crippen LogP contribution in [0.15, 0.2) is 12.1 Å². The van der Waals surface area contributed by atoms with Crippen LogP contribution >= 0.6 is 22.9 Å². The summed E-state index contributed by atoms with van der Waals surface area (Å²) in [7, 11) is 2.13. The molecular weight excluding hydrogens is 280 g/mol. The minimum Gasteiger partial charge on any atom is -0.380 e. The maximum atomic E-state index is 5.92. The van der Waals surface area contributed by atoms with Crippen molar-refractivity contribution >= 4 is 22.9 Å². The highest BCUT2D eigenvalue weighted by atomic mass is 35.5. The molecule has 0 saturated carbocycles. The Bertz CT molecular complexity index is 333. The van der Waals surface area contributed by atoms with Crippen LogP contribution in [0.25, 0.3) is 0 Å². The average molecular weight is 305 g/mol. The topological polar surface area (TPSA) is 24.5 Å². The number of ether oxygens (including phenoxy) is 1. The second-order valence-corrected chi connectivity index (χ2v) is 6.46. The molecule has 0 saturated heterocycles. The third-order valence-corrected chi connectivity index (χ3v) is 4.01. The summed E-state index contributed by atoms with van der Waals surface area (Å²) >= 11 is 7.57. The van der Waals surface area contributed by atoms with E-state index in [1.807, 2.05) is 6.07 Å². The number of halogens is 1. The van der Waals surface area contributed by atoms with Crippen molar-refractivity contribution in [1.82, 2.24) is 10.2 Å². The van der Waals surface area contributed by atoms with E-state index >= 15 is 0 Å². The molecule has 0 aliphatic rings. The molecule has 5 heteroatoms. The van der Waals surface area contributed by atoms with Gasteiger partial charge >= 0.3 is 0 Å². The Morgan fingerprint density at radius 3 is 2.84 bits per heavy atom. The van der Waals surface area contributed by atoms with Crippen molar-refractivity contribution in [2.24, 2.45) is 0 Å². The zero-order valence-corrected chi connectivity index (χ0v) is 13.5. The first-order chi connectivity index (χ1) is 9.22. The molecule has 1 heterocycles. The fraction of sp³-hybridized carbons (Fsp3) is 0.714. The summed E-state index contributed by atoms with van der Waals surface area (Å²) < 4.78 is 6.36. The lowest BCUT2D eigenvalue weighted by atomic mass is 10.4. The summed E-state index contributed by atoms with van der Waals surface area (Å²) in [5, 5.41) is 3.39. The fourth-order valence-corrected chi connectivity index (χ4v) is 2.84. The van der Waals surface area contributed by atoms with E-state index in [0.717, 1.165) is 50.1 Å². The van der Waals surface area contributed by atoms with Crippen LogP contribution in [-0.2, 0) is 11.3 Å². The third kappa shape index (κ3) is 8.60. The molecule has 0 aliphatic carbocycles. The van der Waals surface area contributed by atoms with Gasteiger partial charge in [-0.1, -0.05) is 24.9 Å². The predicted molar refractivity (Wildman–Crippen MR) is 84.3 cm³/mol. The standard InChI is InChI=1S/C14H25ClN2OS/c1-3-4-10-18-11-8-16-7-9-17(2)12-13-5-6-14(15)19-13/h5-6,16H,3-4,7-12H2,1-2H3. The van der Waals surface area contributed by atoms with E-state index in [0.29, 0.717) is 0 Å². The smallest absolute Gasteiger partial charge is 0.0931 e. The largest absolute Gasteiger partial charge is 0.380 e. The molecule has 1 aromatic heterocycles. The number of nitrogens with one attached hydrogen (secondary N) is 1. The maximum absolute atomic E-state index is 5.92. The molecule has 1 N–H and O–H groups in total. The van der Waals surface area contributed by atoms with Gasteiger partial charge in [0.15, 0.2) is 0 Å². The van der Waals surface area contributed by atoms with E-state index < -0.39 is 0 Å². The molecule has 3 nitrogen and oxygen atoms in total. The van der Waals surface area contributed by atoms with E-state index in [1.54, 1.807) is 11.3 Å². The Labute approximate surface area is 125 Å². The highest BCUT2D eigenvalue weighted by Gasteiger charge is 2.02. The van der Waals surface area contributed by atoms with Crippen LogP contribution in [0.4, 0.5) is 0 Å². The summed E-state index contributed by atoms with van der Waals surface area (Å²) in [6.07, 6.45) is 2.36. The van der Waals surface area contributed by atoms with E-state index in [1.165, 1.54) is 11.3 Å². The molecule has 0 atom stereocenters. The molecular formula is C14H25ClN2OS. The van der Waals surface area contributed by atoms with Gasteiger partial charge < -0.3 is 15.0 Å². The first-order valence-corrected chi connectivity index (χ1v) is 8.13. The van der Waals surface area contributed by atoms with Crippen LogP contribution in [0.1, 0.15) is 24.6 Å². The highest BCUT2D eigenvalue weighted by molar-refractivity contribution is 7.16. The number of nitrogens with zero attached hydrogens (tertiary/aromatic N) is 1. The summed E-state index contributed by atoms with van der Waals surface area (Å²) in [6, 6.07) is 4.06. The zero-order valence-electron chi connectivity index (χ0n) is 12.0. The third-order valence-electron chi connectivity index (χ3n) is 2.79. The van der Waals surface area contributed by atoms with Crippen LogP contribution in [0.3, 0.4) is 0 Å². The summed E-state index contributed by atoms with van der Waals surface area (Å²) in [5.74, 6) is 0. The van der Waals surface area contributed by atoms with Gasteiger partial charge in [0.1, 0.15) is 0 Å². The first-order valence-electron chi connectivity index (χ1n) is 6.93. The predicted octanol–water partition coefficient (Wildman–Crippen LogP) is 3.24. The molecule has 0 bridgehead atoms. The van der Waals surface area contributed by atoms with Crippen LogP contribution < -0.4 is 5.32 Å². The lowest BCUT2D eigenvalue weighted by Crippen LogP contribution is -2.30. The number of rotatable bonds is 11. The van der Waals surface area contributed by atoms with E-state index in [2.05, 4.69) is 30.3 Å². The molecule has 0 aromatic carbocycles. The van der Waals surface area contributed by atoms with Gasteiger partial charge in [-0.15, -0.1) is 11.3 Å². The quantitative estimate of drug-likeness (QED) is 0.635. The van der Waals surface area contributed by atoms with Crippen molar-refractivity contribution in [3.05, 3.63) is 21.3 Å². The van der Waals surface area contributed by atoms with E-state index in [9.17, 15) is 0 Å². The van der Waals surface area contributed by atoms with E-state index in [-0.39, 0.29) is 0 Å². The van der Waals surface area contributed by atoms with Gasteiger partial charge in [0, 0.05) is 37.7 Å². The Morgan fingerprint density at radius 2 is 2.16 bits per heavy atom. The van der Waals surface area contributed by atoms with Crippen LogP contribution in [-0.4, -0.2) is 44.8 Å². The molecule has 110 valence electrons. The van der Waals surface area contributed by atoms with Gasteiger partial charge in [-0.3, -0.25) is 0 Å². The lowest BCUT2D eigenvalue weighted by Gasteiger charge is -2.15. The number of hydrogen-bond donors (Lipinski definition) is 1. The Kier molecular flexibility index (Phi) is 9.47. The van der Waals surface area contributed by atoms with Gasteiger partial charge in [-0.2, -0.15) is 0 Å². The lowest BCUT2D eigenvalue weighted by molar-refractivity contribution is 0.132. The molecule has 0 amide bonds. The SMILES string of the molecule is CCCCOCCNCCN(C)Cc1ccc(Cl)s1. The summed E-state index contributed by atoms with van der Waals surface area (Å²) in [5.41, 5.74) is 0. The second-order valence-electron chi connectivity index (χ2n) is 4.66. The molecule has 1 rings (SSSR count). The Balaban J connectivity index is 1.94. The minimum absolute atomic E-state index is 0.810. The fourth-order valence-electron chi connectivity index (χ4n) is 1.67. The molecule has 0 fully saturated rings. The number of unbranched alkanes of at least 4 members (excludes halogenated alkanes) is 1. The van der Waals surface area contributed by atoms with Crippen molar-refractivity contribution in [2.45, 2.75) is 26.3 Å². The summed E-state index contributed by atoms with van der Waals surface area (Å²) in [4.78, 5) is 3.61. The van der Waals surface area contributed by atoms with Crippen molar-refractivity contribution in [1.29, 1.82) is 0 Å². The molecule has 0 spiro atoms. The van der Waals surface area contributed by atoms with Gasteiger partial charge in [0.25, 0.3) is 0 Å². The number of likely N-dealkylation sites (N-methyl/N-ethyl adjacent to an activating group) is 1. The highest BCUT2D eigenvalue weighted by Crippen LogP contribution is 2.22. The number of hydrogen-bond acceptors (Lipinski definition) is 4. The van der Waals surface area contributed by atoms with Gasteiger partial charge in [0.2, 0.25) is 0 Å². The molecule has 0 unspecified atom stereocenters. The normalized spacial score (nSPS) is 11.4. The molecule has 19 heavy (non-hydrogen) atoms. The maximum Gasteiger partial charge on any atom is 0.0931 e. The number of thiophene rings is 1.